The van der Waals surface area contributed by atoms with Crippen molar-refractivity contribution >= 4 is 46.4 Å². The molecule has 0 atom stereocenters. The number of thioether (sulfide) groups is 1. The second-order valence-corrected chi connectivity index (χ2v) is 7.98. The highest BCUT2D eigenvalue weighted by Crippen LogP contribution is 2.37. The maximum atomic E-state index is 12.6. The molecule has 1 fully saturated rings. The highest BCUT2D eigenvalue weighted by molar-refractivity contribution is 8.00. The average molecular weight is 422 g/mol. The van der Waals surface area contributed by atoms with E-state index in [1.807, 2.05) is 17.8 Å². The van der Waals surface area contributed by atoms with Crippen LogP contribution < -0.4 is 10.1 Å². The molecule has 2 heterocycles. The average Bonchev–Trinajstić information content (AvgIpc) is 3.26. The lowest BCUT2D eigenvalue weighted by molar-refractivity contribution is -0.135. The van der Waals surface area contributed by atoms with Crippen molar-refractivity contribution in [2.45, 2.75) is 0 Å². The van der Waals surface area contributed by atoms with Gasteiger partial charge in [-0.25, -0.2) is 0 Å². The van der Waals surface area contributed by atoms with Gasteiger partial charge in [0.15, 0.2) is 0 Å². The van der Waals surface area contributed by atoms with Gasteiger partial charge in [0, 0.05) is 43.8 Å². The highest BCUT2D eigenvalue weighted by atomic mass is 35.5. The number of hydrogen-bond donors (Lipinski definition) is 1. The van der Waals surface area contributed by atoms with E-state index in [-0.39, 0.29) is 18.4 Å². The van der Waals surface area contributed by atoms with Crippen LogP contribution in [0.1, 0.15) is 5.56 Å². The summed E-state index contributed by atoms with van der Waals surface area (Å²) in [5.41, 5.74) is 2.92. The van der Waals surface area contributed by atoms with Gasteiger partial charge in [-0.15, -0.1) is 0 Å². The maximum absolute atomic E-state index is 12.6. The number of carbonyl (C=O) groups excluding carboxylic acids is 2. The van der Waals surface area contributed by atoms with Crippen LogP contribution in [0.25, 0.3) is 5.57 Å². The number of hydrogen-bond acceptors (Lipinski definition) is 5. The minimum Gasteiger partial charge on any atom is -0.495 e. The third-order valence-corrected chi connectivity index (χ3v) is 6.12. The number of amides is 2. The minimum atomic E-state index is -0.0944. The van der Waals surface area contributed by atoms with Crippen molar-refractivity contribution in [1.29, 1.82) is 0 Å². The van der Waals surface area contributed by atoms with Crippen molar-refractivity contribution in [3.05, 3.63) is 41.4 Å². The lowest BCUT2D eigenvalue weighted by Gasteiger charge is -2.34. The van der Waals surface area contributed by atoms with Crippen LogP contribution in [-0.4, -0.2) is 73.0 Å². The third kappa shape index (κ3) is 4.64. The van der Waals surface area contributed by atoms with Crippen molar-refractivity contribution in [2.24, 2.45) is 0 Å². The van der Waals surface area contributed by atoms with Gasteiger partial charge in [0.1, 0.15) is 5.75 Å². The number of methoxy groups -OCH3 is 1. The molecule has 6 nitrogen and oxygen atoms in total. The first-order valence-corrected chi connectivity index (χ1v) is 10.6. The number of anilines is 1. The van der Waals surface area contributed by atoms with E-state index < -0.39 is 0 Å². The number of carbonyl (C=O) groups is 2. The summed E-state index contributed by atoms with van der Waals surface area (Å²) in [5, 5.41) is 3.84. The van der Waals surface area contributed by atoms with Gasteiger partial charge in [-0.1, -0.05) is 24.3 Å². The Kier molecular flexibility index (Phi) is 6.91. The minimum absolute atomic E-state index is 0.0140. The molecule has 2 aliphatic heterocycles. The van der Waals surface area contributed by atoms with E-state index in [2.05, 4.69) is 18.0 Å². The number of nitrogens with zero attached hydrogens (tertiary/aromatic N) is 2. The largest absolute Gasteiger partial charge is 0.495 e. The van der Waals surface area contributed by atoms with Gasteiger partial charge in [0.05, 0.1) is 24.4 Å². The van der Waals surface area contributed by atoms with E-state index >= 15 is 0 Å². The van der Waals surface area contributed by atoms with Crippen LogP contribution in [0.3, 0.4) is 0 Å². The van der Waals surface area contributed by atoms with Crippen LogP contribution in [0.4, 0.5) is 5.69 Å². The van der Waals surface area contributed by atoms with Gasteiger partial charge < -0.3 is 19.9 Å². The fraction of sp³-hybridized carbons (Fsp3) is 0.400. The van der Waals surface area contributed by atoms with Crippen LogP contribution in [0.2, 0.25) is 5.02 Å². The second-order valence-electron chi connectivity index (χ2n) is 6.54. The van der Waals surface area contributed by atoms with Gasteiger partial charge in [-0.05, 0) is 23.3 Å². The number of rotatable bonds is 6. The lowest BCUT2D eigenvalue weighted by Crippen LogP contribution is -2.51. The van der Waals surface area contributed by atoms with Crippen molar-refractivity contribution in [3.8, 4) is 5.75 Å². The predicted molar refractivity (Wildman–Crippen MR) is 115 cm³/mol. The Balaban J connectivity index is 1.63. The number of piperazine rings is 1. The van der Waals surface area contributed by atoms with Crippen LogP contribution in [-0.2, 0) is 9.59 Å². The molecule has 150 valence electrons. The van der Waals surface area contributed by atoms with Crippen LogP contribution in [0.15, 0.2) is 30.9 Å². The van der Waals surface area contributed by atoms with Crippen molar-refractivity contribution in [1.82, 2.24) is 9.80 Å². The molecule has 0 aliphatic carbocycles. The number of ether oxygens (including phenoxy) is 1. The quantitative estimate of drug-likeness (QED) is 0.715. The SMILES string of the molecule is C=CC(=O)N1CCN(C(=O)CNc2cc(C3=CCSC3)c(Cl)cc2OC)CC1. The van der Waals surface area contributed by atoms with Crippen LogP contribution in [0.5, 0.6) is 5.75 Å². The summed E-state index contributed by atoms with van der Waals surface area (Å²) < 4.78 is 5.42. The van der Waals surface area contributed by atoms with Crippen LogP contribution >= 0.6 is 23.4 Å². The second kappa shape index (κ2) is 9.39. The molecule has 8 heteroatoms. The molecule has 1 saturated heterocycles. The molecule has 3 rings (SSSR count). The van der Waals surface area contributed by atoms with E-state index in [1.165, 1.54) is 11.6 Å². The monoisotopic (exact) mass is 421 g/mol. The highest BCUT2D eigenvalue weighted by Gasteiger charge is 2.23. The molecule has 0 bridgehead atoms. The van der Waals surface area contributed by atoms with Crippen molar-refractivity contribution in [3.63, 3.8) is 0 Å². The summed E-state index contributed by atoms with van der Waals surface area (Å²) >= 11 is 8.27. The first-order valence-electron chi connectivity index (χ1n) is 9.11. The first-order chi connectivity index (χ1) is 13.5. The van der Waals surface area contributed by atoms with E-state index in [0.29, 0.717) is 37.0 Å². The van der Waals surface area contributed by atoms with E-state index in [4.69, 9.17) is 16.3 Å². The lowest BCUT2D eigenvalue weighted by atomic mass is 10.1. The summed E-state index contributed by atoms with van der Waals surface area (Å²) in [6.45, 7) is 5.75. The summed E-state index contributed by atoms with van der Waals surface area (Å²) in [5.74, 6) is 2.41. The molecule has 1 aromatic rings. The molecule has 2 amide bonds. The Morgan fingerprint density at radius 2 is 2.00 bits per heavy atom. The molecular formula is C20H24ClN3O3S. The molecule has 0 unspecified atom stereocenters. The normalized spacial score (nSPS) is 16.6. The maximum Gasteiger partial charge on any atom is 0.246 e. The third-order valence-electron chi connectivity index (χ3n) is 4.89. The summed E-state index contributed by atoms with van der Waals surface area (Å²) in [6.07, 6.45) is 3.49. The standard InChI is InChI=1S/C20H24ClN3O3S/c1-3-19(25)23-5-7-24(8-6-23)20(26)12-22-17-10-15(14-4-9-28-13-14)16(21)11-18(17)27-2/h3-4,10-11,22H,1,5-9,12-13H2,2H3. The zero-order chi connectivity index (χ0) is 20.1. The van der Waals surface area contributed by atoms with Gasteiger partial charge in [0.25, 0.3) is 0 Å². The van der Waals surface area contributed by atoms with Crippen molar-refractivity contribution < 1.29 is 14.3 Å². The molecule has 1 N–H and O–H groups in total. The topological polar surface area (TPSA) is 61.9 Å². The summed E-state index contributed by atoms with van der Waals surface area (Å²) in [6, 6.07) is 3.74. The van der Waals surface area contributed by atoms with E-state index in [0.717, 1.165) is 22.8 Å². The Hall–Kier alpha value is -2.12. The molecule has 2 aliphatic rings. The Bertz CT molecular complexity index is 804. The molecule has 0 saturated carbocycles. The van der Waals surface area contributed by atoms with Gasteiger partial charge in [-0.2, -0.15) is 11.8 Å². The van der Waals surface area contributed by atoms with E-state index in [1.54, 1.807) is 23.0 Å². The fourth-order valence-electron chi connectivity index (χ4n) is 3.27. The molecule has 0 radical (unpaired) electrons. The molecular weight excluding hydrogens is 398 g/mol. The number of benzene rings is 1. The molecule has 0 aromatic heterocycles. The number of halogens is 1. The first kappa shape index (κ1) is 20.6. The van der Waals surface area contributed by atoms with Gasteiger partial charge in [0.2, 0.25) is 11.8 Å². The fourth-order valence-corrected chi connectivity index (χ4v) is 4.48. The Morgan fingerprint density at radius 1 is 1.29 bits per heavy atom. The van der Waals surface area contributed by atoms with Crippen LogP contribution in [0, 0.1) is 0 Å². The predicted octanol–water partition coefficient (Wildman–Crippen LogP) is 2.75. The van der Waals surface area contributed by atoms with Gasteiger partial charge in [-0.3, -0.25) is 9.59 Å². The number of nitrogens with one attached hydrogen (secondary N) is 1. The molecule has 0 spiro atoms. The zero-order valence-electron chi connectivity index (χ0n) is 15.9. The van der Waals surface area contributed by atoms with E-state index in [9.17, 15) is 9.59 Å². The Labute approximate surface area is 174 Å². The summed E-state index contributed by atoms with van der Waals surface area (Å²) in [7, 11) is 1.58. The zero-order valence-corrected chi connectivity index (χ0v) is 17.4. The molecule has 28 heavy (non-hydrogen) atoms. The summed E-state index contributed by atoms with van der Waals surface area (Å²) in [4.78, 5) is 27.7. The van der Waals surface area contributed by atoms with Gasteiger partial charge >= 0.3 is 0 Å². The smallest absolute Gasteiger partial charge is 0.246 e. The molecule has 1 aromatic carbocycles. The van der Waals surface area contributed by atoms with Crippen molar-refractivity contribution in [2.75, 3.05) is 56.7 Å². The Morgan fingerprint density at radius 3 is 2.61 bits per heavy atom.